The molecule has 0 aromatic heterocycles. The summed E-state index contributed by atoms with van der Waals surface area (Å²) in [6.45, 7) is 2.61. The number of hydrogen-bond acceptors (Lipinski definition) is 3. The zero-order valence-electron chi connectivity index (χ0n) is 8.39. The smallest absolute Gasteiger partial charge is 0.210 e. The maximum absolute atomic E-state index is 8.69. The third-order valence-electron chi connectivity index (χ3n) is 2.21. The minimum Gasteiger partial charge on any atom is -0.356 e. The molecule has 3 nitrogen and oxygen atoms in total. The maximum Gasteiger partial charge on any atom is 0.210 e. The number of hydrogen-bond donors (Lipinski definition) is 2. The molecule has 1 aromatic carbocycles. The fourth-order valence-electron chi connectivity index (χ4n) is 1.31. The van der Waals surface area contributed by atoms with Gasteiger partial charge < -0.3 is 9.84 Å². The van der Waals surface area contributed by atoms with E-state index < -0.39 is 6.41 Å². The SMILES string of the molecule is CC(CCOC(N)O)c1ccccc1. The molecule has 78 valence electrons. The van der Waals surface area contributed by atoms with Crippen molar-refractivity contribution in [3.8, 4) is 0 Å². The standard InChI is InChI=1S/C11H17NO2/c1-9(7-8-14-11(12)13)10-5-3-2-4-6-10/h2-6,9,11,13H,7-8,12H2,1H3. The molecule has 0 fully saturated rings. The summed E-state index contributed by atoms with van der Waals surface area (Å²) < 4.78 is 4.87. The van der Waals surface area contributed by atoms with Gasteiger partial charge in [0.05, 0.1) is 6.61 Å². The topological polar surface area (TPSA) is 55.5 Å². The summed E-state index contributed by atoms with van der Waals surface area (Å²) >= 11 is 0. The molecule has 3 N–H and O–H groups in total. The van der Waals surface area contributed by atoms with Crippen LogP contribution in [-0.2, 0) is 4.74 Å². The monoisotopic (exact) mass is 195 g/mol. The molecule has 0 bridgehead atoms. The minimum atomic E-state index is -1.15. The van der Waals surface area contributed by atoms with Crippen LogP contribution >= 0.6 is 0 Å². The van der Waals surface area contributed by atoms with Crippen LogP contribution in [0.3, 0.4) is 0 Å². The molecule has 0 heterocycles. The molecule has 1 rings (SSSR count). The van der Waals surface area contributed by atoms with E-state index in [4.69, 9.17) is 15.6 Å². The number of benzene rings is 1. The van der Waals surface area contributed by atoms with Gasteiger partial charge in [-0.05, 0) is 17.9 Å². The van der Waals surface area contributed by atoms with Gasteiger partial charge in [0.25, 0.3) is 0 Å². The molecule has 3 heteroatoms. The predicted molar refractivity (Wildman–Crippen MR) is 55.6 cm³/mol. The van der Waals surface area contributed by atoms with Crippen molar-refractivity contribution in [1.29, 1.82) is 0 Å². The molecule has 0 aliphatic carbocycles. The average Bonchev–Trinajstić information content (AvgIpc) is 2.18. The number of rotatable bonds is 5. The van der Waals surface area contributed by atoms with Crippen LogP contribution in [0.25, 0.3) is 0 Å². The lowest BCUT2D eigenvalue weighted by Gasteiger charge is -2.12. The van der Waals surface area contributed by atoms with Crippen LogP contribution in [0.1, 0.15) is 24.8 Å². The Balaban J connectivity index is 2.32. The van der Waals surface area contributed by atoms with Crippen LogP contribution in [0.15, 0.2) is 30.3 Å². The van der Waals surface area contributed by atoms with E-state index in [1.54, 1.807) is 0 Å². The lowest BCUT2D eigenvalue weighted by molar-refractivity contribution is -0.0951. The second kappa shape index (κ2) is 5.75. The Morgan fingerprint density at radius 3 is 2.57 bits per heavy atom. The molecular weight excluding hydrogens is 178 g/mol. The molecule has 0 saturated carbocycles. The van der Waals surface area contributed by atoms with Crippen molar-refractivity contribution in [2.75, 3.05) is 6.61 Å². The van der Waals surface area contributed by atoms with Crippen LogP contribution in [0.5, 0.6) is 0 Å². The van der Waals surface area contributed by atoms with Crippen molar-refractivity contribution in [3.63, 3.8) is 0 Å². The minimum absolute atomic E-state index is 0.426. The largest absolute Gasteiger partial charge is 0.356 e. The van der Waals surface area contributed by atoms with Gasteiger partial charge in [-0.1, -0.05) is 37.3 Å². The summed E-state index contributed by atoms with van der Waals surface area (Å²) in [7, 11) is 0. The van der Waals surface area contributed by atoms with E-state index in [0.717, 1.165) is 6.42 Å². The van der Waals surface area contributed by atoms with Gasteiger partial charge in [-0.15, -0.1) is 0 Å². The summed E-state index contributed by atoms with van der Waals surface area (Å²) in [6.07, 6.45) is -0.295. The van der Waals surface area contributed by atoms with Crippen LogP contribution in [0.4, 0.5) is 0 Å². The number of aliphatic hydroxyl groups is 1. The van der Waals surface area contributed by atoms with Crippen LogP contribution < -0.4 is 5.73 Å². The lowest BCUT2D eigenvalue weighted by Crippen LogP contribution is -2.23. The second-order valence-corrected chi connectivity index (χ2v) is 3.36. The summed E-state index contributed by atoms with van der Waals surface area (Å²) in [5, 5.41) is 8.69. The van der Waals surface area contributed by atoms with E-state index in [2.05, 4.69) is 19.1 Å². The Kier molecular flexibility index (Phi) is 4.59. The van der Waals surface area contributed by atoms with E-state index in [0.29, 0.717) is 12.5 Å². The van der Waals surface area contributed by atoms with E-state index in [9.17, 15) is 0 Å². The molecule has 0 amide bonds. The van der Waals surface area contributed by atoms with Gasteiger partial charge in [-0.3, -0.25) is 5.73 Å². The highest BCUT2D eigenvalue weighted by atomic mass is 16.6. The van der Waals surface area contributed by atoms with Crippen molar-refractivity contribution in [3.05, 3.63) is 35.9 Å². The van der Waals surface area contributed by atoms with Gasteiger partial charge in [0.1, 0.15) is 0 Å². The number of aliphatic hydroxyl groups excluding tert-OH is 1. The average molecular weight is 195 g/mol. The first-order chi connectivity index (χ1) is 6.70. The molecule has 14 heavy (non-hydrogen) atoms. The predicted octanol–water partition coefficient (Wildman–Crippen LogP) is 1.43. The van der Waals surface area contributed by atoms with Crippen LogP contribution in [-0.4, -0.2) is 18.1 Å². The molecule has 1 aromatic rings. The Bertz CT molecular complexity index is 249. The quantitative estimate of drug-likeness (QED) is 0.699. The zero-order chi connectivity index (χ0) is 10.4. The van der Waals surface area contributed by atoms with Crippen molar-refractivity contribution in [1.82, 2.24) is 0 Å². The molecule has 0 aliphatic rings. The second-order valence-electron chi connectivity index (χ2n) is 3.36. The molecule has 2 atom stereocenters. The van der Waals surface area contributed by atoms with Crippen molar-refractivity contribution in [2.45, 2.75) is 25.7 Å². The number of nitrogens with two attached hydrogens (primary N) is 1. The highest BCUT2D eigenvalue weighted by Crippen LogP contribution is 2.17. The van der Waals surface area contributed by atoms with Crippen LogP contribution in [0.2, 0.25) is 0 Å². The summed E-state index contributed by atoms with van der Waals surface area (Å²) in [6, 6.07) is 10.2. The zero-order valence-corrected chi connectivity index (χ0v) is 8.39. The molecule has 0 aliphatic heterocycles. The van der Waals surface area contributed by atoms with E-state index in [-0.39, 0.29) is 0 Å². The summed E-state index contributed by atoms with van der Waals surface area (Å²) in [5.41, 5.74) is 6.33. The van der Waals surface area contributed by atoms with E-state index in [1.807, 2.05) is 18.2 Å². The molecule has 0 saturated heterocycles. The van der Waals surface area contributed by atoms with Gasteiger partial charge in [0.15, 0.2) is 0 Å². The lowest BCUT2D eigenvalue weighted by atomic mass is 9.98. The van der Waals surface area contributed by atoms with Crippen molar-refractivity contribution in [2.24, 2.45) is 5.73 Å². The van der Waals surface area contributed by atoms with Gasteiger partial charge in [0, 0.05) is 0 Å². The normalized spacial score (nSPS) is 15.1. The fraction of sp³-hybridized carbons (Fsp3) is 0.455. The van der Waals surface area contributed by atoms with E-state index in [1.165, 1.54) is 5.56 Å². The molecule has 0 radical (unpaired) electrons. The van der Waals surface area contributed by atoms with E-state index >= 15 is 0 Å². The molecular formula is C11H17NO2. The summed E-state index contributed by atoms with van der Waals surface area (Å²) in [5.74, 6) is 0.426. The van der Waals surface area contributed by atoms with Gasteiger partial charge >= 0.3 is 0 Å². The highest BCUT2D eigenvalue weighted by molar-refractivity contribution is 5.18. The maximum atomic E-state index is 8.69. The molecule has 2 unspecified atom stereocenters. The van der Waals surface area contributed by atoms with Crippen molar-refractivity contribution >= 4 is 0 Å². The van der Waals surface area contributed by atoms with Gasteiger partial charge in [-0.25, -0.2) is 0 Å². The third-order valence-corrected chi connectivity index (χ3v) is 2.21. The van der Waals surface area contributed by atoms with Gasteiger partial charge in [0.2, 0.25) is 6.41 Å². The highest BCUT2D eigenvalue weighted by Gasteiger charge is 2.05. The molecule has 0 spiro atoms. The summed E-state index contributed by atoms with van der Waals surface area (Å²) in [4.78, 5) is 0. The Hall–Kier alpha value is -0.900. The Morgan fingerprint density at radius 2 is 2.00 bits per heavy atom. The first-order valence-electron chi connectivity index (χ1n) is 4.80. The number of ether oxygens (including phenoxy) is 1. The van der Waals surface area contributed by atoms with Crippen molar-refractivity contribution < 1.29 is 9.84 Å². The Labute approximate surface area is 84.5 Å². The Morgan fingerprint density at radius 1 is 1.36 bits per heavy atom. The van der Waals surface area contributed by atoms with Gasteiger partial charge in [-0.2, -0.15) is 0 Å². The van der Waals surface area contributed by atoms with Crippen LogP contribution in [0, 0.1) is 0 Å². The fourth-order valence-corrected chi connectivity index (χ4v) is 1.31. The first-order valence-corrected chi connectivity index (χ1v) is 4.80. The third kappa shape index (κ3) is 3.87. The first kappa shape index (κ1) is 11.2.